The van der Waals surface area contributed by atoms with E-state index in [1.54, 1.807) is 0 Å². The van der Waals surface area contributed by atoms with Crippen LogP contribution in [0.1, 0.15) is 58.8 Å². The Hall–Kier alpha value is -0.180. The smallest absolute Gasteiger partial charge is 0.307 e. The Morgan fingerprint density at radius 3 is 2.44 bits per heavy atom. The zero-order valence-corrected chi connectivity index (χ0v) is 12.4. The van der Waals surface area contributed by atoms with E-state index in [0.29, 0.717) is 16.4 Å². The molecule has 0 radical (unpaired) electrons. The lowest BCUT2D eigenvalue weighted by Gasteiger charge is -2.36. The Balaban J connectivity index is 1.93. The summed E-state index contributed by atoms with van der Waals surface area (Å²) < 4.78 is 0. The van der Waals surface area contributed by atoms with E-state index in [-0.39, 0.29) is 5.92 Å². The number of carboxylic acid groups (broad SMARTS) is 1. The lowest BCUT2D eigenvalue weighted by atomic mass is 9.82. The fourth-order valence-electron chi connectivity index (χ4n) is 3.51. The maximum absolute atomic E-state index is 11.4. The van der Waals surface area contributed by atoms with Crippen LogP contribution in [0.5, 0.6) is 0 Å². The van der Waals surface area contributed by atoms with E-state index < -0.39 is 5.97 Å². The molecule has 2 aliphatic rings. The van der Waals surface area contributed by atoms with Crippen LogP contribution in [0, 0.1) is 17.8 Å². The zero-order chi connectivity index (χ0) is 13.1. The molecule has 2 nitrogen and oxygen atoms in total. The van der Waals surface area contributed by atoms with Crippen LogP contribution in [-0.4, -0.2) is 21.6 Å². The Morgan fingerprint density at radius 1 is 1.06 bits per heavy atom. The summed E-state index contributed by atoms with van der Waals surface area (Å²) >= 11 is 2.00. The van der Waals surface area contributed by atoms with Gasteiger partial charge in [-0.15, -0.1) is 0 Å². The first-order valence-electron chi connectivity index (χ1n) is 7.44. The van der Waals surface area contributed by atoms with Gasteiger partial charge in [-0.3, -0.25) is 4.79 Å². The second-order valence-electron chi connectivity index (χ2n) is 6.43. The molecule has 0 spiro atoms. The van der Waals surface area contributed by atoms with Gasteiger partial charge in [0.25, 0.3) is 0 Å². The van der Waals surface area contributed by atoms with Crippen molar-refractivity contribution in [3.8, 4) is 0 Å². The van der Waals surface area contributed by atoms with Gasteiger partial charge >= 0.3 is 5.97 Å². The van der Waals surface area contributed by atoms with Crippen LogP contribution in [0.15, 0.2) is 0 Å². The van der Waals surface area contributed by atoms with Gasteiger partial charge in [-0.25, -0.2) is 0 Å². The summed E-state index contributed by atoms with van der Waals surface area (Å²) in [4.78, 5) is 11.4. The molecule has 0 aromatic carbocycles. The quantitative estimate of drug-likeness (QED) is 0.835. The van der Waals surface area contributed by atoms with E-state index in [9.17, 15) is 9.90 Å². The molecule has 0 aromatic heterocycles. The van der Waals surface area contributed by atoms with Crippen LogP contribution >= 0.6 is 11.8 Å². The van der Waals surface area contributed by atoms with E-state index in [2.05, 4.69) is 13.8 Å². The van der Waals surface area contributed by atoms with Gasteiger partial charge in [0, 0.05) is 10.5 Å². The highest BCUT2D eigenvalue weighted by Crippen LogP contribution is 2.42. The second kappa shape index (κ2) is 6.31. The van der Waals surface area contributed by atoms with Crippen molar-refractivity contribution in [1.82, 2.24) is 0 Å². The summed E-state index contributed by atoms with van der Waals surface area (Å²) in [6.45, 7) is 4.61. The first-order valence-corrected chi connectivity index (χ1v) is 8.38. The van der Waals surface area contributed by atoms with E-state index in [1.807, 2.05) is 11.8 Å². The van der Waals surface area contributed by atoms with Crippen LogP contribution in [0.25, 0.3) is 0 Å². The third kappa shape index (κ3) is 3.66. The van der Waals surface area contributed by atoms with Crippen molar-refractivity contribution < 1.29 is 9.90 Å². The molecule has 18 heavy (non-hydrogen) atoms. The molecular formula is C15H26O2S. The molecule has 0 amide bonds. The van der Waals surface area contributed by atoms with Gasteiger partial charge in [0.1, 0.15) is 0 Å². The van der Waals surface area contributed by atoms with Crippen molar-refractivity contribution in [2.45, 2.75) is 69.3 Å². The predicted molar refractivity (Wildman–Crippen MR) is 76.9 cm³/mol. The number of carboxylic acids is 1. The average molecular weight is 270 g/mol. The van der Waals surface area contributed by atoms with Crippen LogP contribution < -0.4 is 0 Å². The highest BCUT2D eigenvalue weighted by atomic mass is 32.2. The molecule has 0 heterocycles. The van der Waals surface area contributed by atoms with E-state index in [1.165, 1.54) is 25.7 Å². The molecule has 0 aliphatic heterocycles. The minimum Gasteiger partial charge on any atom is -0.481 e. The molecule has 2 rings (SSSR count). The number of hydrogen-bond donors (Lipinski definition) is 1. The summed E-state index contributed by atoms with van der Waals surface area (Å²) in [5.41, 5.74) is 0. The monoisotopic (exact) mass is 270 g/mol. The Morgan fingerprint density at radius 2 is 1.78 bits per heavy atom. The van der Waals surface area contributed by atoms with Gasteiger partial charge in [-0.2, -0.15) is 11.8 Å². The van der Waals surface area contributed by atoms with Gasteiger partial charge in [0.05, 0.1) is 5.92 Å². The number of carbonyl (C=O) groups is 1. The van der Waals surface area contributed by atoms with Crippen molar-refractivity contribution in [3.63, 3.8) is 0 Å². The molecule has 2 fully saturated rings. The molecule has 3 heteroatoms. The Bertz CT molecular complexity index is 292. The first kappa shape index (κ1) is 14.2. The largest absolute Gasteiger partial charge is 0.481 e. The Kier molecular flexibility index (Phi) is 4.99. The SMILES string of the molecule is CC1CCCC(SC2CC(C)CCC2C(=O)O)C1. The molecule has 2 aliphatic carbocycles. The standard InChI is InChI=1S/C15H26O2S/c1-10-4-3-5-12(8-10)18-14-9-11(2)6-7-13(14)15(16)17/h10-14H,3-9H2,1-2H3,(H,16,17). The van der Waals surface area contributed by atoms with Gasteiger partial charge in [0.2, 0.25) is 0 Å². The number of thioether (sulfide) groups is 1. The summed E-state index contributed by atoms with van der Waals surface area (Å²) in [7, 11) is 0. The fraction of sp³-hybridized carbons (Fsp3) is 0.933. The minimum absolute atomic E-state index is 0.0940. The first-order chi connectivity index (χ1) is 8.56. The van der Waals surface area contributed by atoms with Gasteiger partial charge < -0.3 is 5.11 Å². The lowest BCUT2D eigenvalue weighted by Crippen LogP contribution is -2.34. The van der Waals surface area contributed by atoms with E-state index >= 15 is 0 Å². The van der Waals surface area contributed by atoms with Crippen LogP contribution in [0.3, 0.4) is 0 Å². The average Bonchev–Trinajstić information content (AvgIpc) is 2.28. The van der Waals surface area contributed by atoms with Gasteiger partial charge in [-0.1, -0.05) is 26.7 Å². The lowest BCUT2D eigenvalue weighted by molar-refractivity contribution is -0.142. The molecule has 104 valence electrons. The molecule has 5 unspecified atom stereocenters. The minimum atomic E-state index is -0.566. The van der Waals surface area contributed by atoms with Crippen molar-refractivity contribution >= 4 is 17.7 Å². The summed E-state index contributed by atoms with van der Waals surface area (Å²) in [6, 6.07) is 0. The van der Waals surface area contributed by atoms with Gasteiger partial charge in [-0.05, 0) is 43.9 Å². The normalized spacial score (nSPS) is 41.6. The molecular weight excluding hydrogens is 244 g/mol. The molecule has 0 bridgehead atoms. The summed E-state index contributed by atoms with van der Waals surface area (Å²) in [6.07, 6.45) is 8.37. The highest BCUT2D eigenvalue weighted by molar-refractivity contribution is 8.00. The summed E-state index contributed by atoms with van der Waals surface area (Å²) in [5.74, 6) is 0.881. The molecule has 0 aromatic rings. The molecule has 1 N–H and O–H groups in total. The highest BCUT2D eigenvalue weighted by Gasteiger charge is 2.36. The van der Waals surface area contributed by atoms with Crippen LogP contribution in [0.4, 0.5) is 0 Å². The third-order valence-electron chi connectivity index (χ3n) is 4.63. The second-order valence-corrected chi connectivity index (χ2v) is 7.98. The van der Waals surface area contributed by atoms with Crippen LogP contribution in [-0.2, 0) is 4.79 Å². The van der Waals surface area contributed by atoms with Crippen molar-refractivity contribution in [2.75, 3.05) is 0 Å². The maximum Gasteiger partial charge on any atom is 0.307 e. The number of rotatable bonds is 3. The van der Waals surface area contributed by atoms with Crippen molar-refractivity contribution in [2.24, 2.45) is 17.8 Å². The fourth-order valence-corrected chi connectivity index (χ4v) is 5.63. The van der Waals surface area contributed by atoms with E-state index in [0.717, 1.165) is 25.2 Å². The maximum atomic E-state index is 11.4. The van der Waals surface area contributed by atoms with Crippen molar-refractivity contribution in [1.29, 1.82) is 0 Å². The van der Waals surface area contributed by atoms with Crippen LogP contribution in [0.2, 0.25) is 0 Å². The third-order valence-corrected chi connectivity index (χ3v) is 6.31. The Labute approximate surface area is 115 Å². The number of hydrogen-bond acceptors (Lipinski definition) is 2. The topological polar surface area (TPSA) is 37.3 Å². The zero-order valence-electron chi connectivity index (χ0n) is 11.6. The molecule has 0 saturated heterocycles. The van der Waals surface area contributed by atoms with Gasteiger partial charge in [0.15, 0.2) is 0 Å². The number of aliphatic carboxylic acids is 1. The molecule has 2 saturated carbocycles. The van der Waals surface area contributed by atoms with E-state index in [4.69, 9.17) is 0 Å². The molecule has 5 atom stereocenters. The predicted octanol–water partition coefficient (Wildman–Crippen LogP) is 4.19. The van der Waals surface area contributed by atoms with Crippen molar-refractivity contribution in [3.05, 3.63) is 0 Å². The summed E-state index contributed by atoms with van der Waals surface area (Å²) in [5, 5.41) is 10.4.